The van der Waals surface area contributed by atoms with Crippen molar-refractivity contribution < 1.29 is 9.47 Å². The average molecular weight is 348 g/mol. The first kappa shape index (κ1) is 13.8. The number of halogens is 1. The Morgan fingerprint density at radius 1 is 1.10 bits per heavy atom. The summed E-state index contributed by atoms with van der Waals surface area (Å²) >= 11 is 3.48. The number of fused-ring (bicyclic) bond motifs is 1. The lowest BCUT2D eigenvalue weighted by molar-refractivity contribution is 0.412. The van der Waals surface area contributed by atoms with E-state index in [1.54, 1.807) is 14.2 Å². The van der Waals surface area contributed by atoms with Crippen molar-refractivity contribution in [3.63, 3.8) is 0 Å². The molecule has 0 spiro atoms. The van der Waals surface area contributed by atoms with Crippen LogP contribution in [0.1, 0.15) is 0 Å². The van der Waals surface area contributed by atoms with Gasteiger partial charge in [0, 0.05) is 6.07 Å². The van der Waals surface area contributed by atoms with Crippen molar-refractivity contribution in [2.45, 2.75) is 0 Å². The highest BCUT2D eigenvalue weighted by molar-refractivity contribution is 9.10. The molecule has 0 atom stereocenters. The zero-order chi connectivity index (χ0) is 15.0. The van der Waals surface area contributed by atoms with Crippen LogP contribution in [-0.2, 0) is 0 Å². The summed E-state index contributed by atoms with van der Waals surface area (Å²) in [5, 5.41) is 0. The van der Waals surface area contributed by atoms with Crippen molar-refractivity contribution >= 4 is 32.9 Å². The largest absolute Gasteiger partial charge is 0.497 e. The fraction of sp³-hybridized carbons (Fsp3) is 0.133. The summed E-state index contributed by atoms with van der Waals surface area (Å²) in [7, 11) is 3.26. The predicted molar refractivity (Wildman–Crippen MR) is 86.3 cm³/mol. The number of methoxy groups -OCH3 is 2. The third-order valence-corrected chi connectivity index (χ3v) is 3.90. The Kier molecular flexibility index (Phi) is 3.47. The summed E-state index contributed by atoms with van der Waals surface area (Å²) in [5.41, 5.74) is 8.68. The zero-order valence-electron chi connectivity index (χ0n) is 11.6. The summed E-state index contributed by atoms with van der Waals surface area (Å²) in [6.45, 7) is 0. The molecular weight excluding hydrogens is 334 g/mol. The zero-order valence-corrected chi connectivity index (χ0v) is 13.2. The SMILES string of the molecule is COc1ccc2c(c1)nc(N)n2-c1ccc(OC)c(Br)c1. The molecule has 6 heteroatoms. The van der Waals surface area contributed by atoms with E-state index < -0.39 is 0 Å². The topological polar surface area (TPSA) is 62.3 Å². The van der Waals surface area contributed by atoms with Crippen LogP contribution in [0.25, 0.3) is 16.7 Å². The molecule has 108 valence electrons. The number of benzene rings is 2. The number of rotatable bonds is 3. The van der Waals surface area contributed by atoms with Gasteiger partial charge in [0.25, 0.3) is 0 Å². The molecule has 21 heavy (non-hydrogen) atoms. The van der Waals surface area contributed by atoms with E-state index in [4.69, 9.17) is 15.2 Å². The standard InChI is InChI=1S/C15H14BrN3O2/c1-20-10-4-5-13-12(8-10)18-15(17)19(13)9-3-6-14(21-2)11(16)7-9/h3-8H,1-2H3,(H2,17,18). The van der Waals surface area contributed by atoms with Gasteiger partial charge < -0.3 is 15.2 Å². The van der Waals surface area contributed by atoms with Gasteiger partial charge in [0.15, 0.2) is 0 Å². The van der Waals surface area contributed by atoms with Crippen molar-refractivity contribution in [1.29, 1.82) is 0 Å². The van der Waals surface area contributed by atoms with Gasteiger partial charge in [-0.05, 0) is 46.3 Å². The summed E-state index contributed by atoms with van der Waals surface area (Å²) < 4.78 is 13.2. The molecule has 0 unspecified atom stereocenters. The maximum Gasteiger partial charge on any atom is 0.205 e. The maximum atomic E-state index is 6.06. The summed E-state index contributed by atoms with van der Waals surface area (Å²) in [6, 6.07) is 11.5. The van der Waals surface area contributed by atoms with Gasteiger partial charge >= 0.3 is 0 Å². The molecule has 1 heterocycles. The van der Waals surface area contributed by atoms with Crippen molar-refractivity contribution in [2.24, 2.45) is 0 Å². The van der Waals surface area contributed by atoms with Crippen LogP contribution in [0.5, 0.6) is 11.5 Å². The van der Waals surface area contributed by atoms with Gasteiger partial charge in [0.05, 0.1) is 35.4 Å². The first-order valence-corrected chi connectivity index (χ1v) is 7.09. The van der Waals surface area contributed by atoms with E-state index in [-0.39, 0.29) is 0 Å². The minimum absolute atomic E-state index is 0.426. The third kappa shape index (κ3) is 2.31. The number of hydrogen-bond donors (Lipinski definition) is 1. The lowest BCUT2D eigenvalue weighted by Gasteiger charge is -2.09. The summed E-state index contributed by atoms with van der Waals surface area (Å²) in [5.74, 6) is 1.95. The van der Waals surface area contributed by atoms with Gasteiger partial charge in [0.1, 0.15) is 11.5 Å². The van der Waals surface area contributed by atoms with E-state index in [0.29, 0.717) is 5.95 Å². The molecule has 1 aromatic heterocycles. The van der Waals surface area contributed by atoms with Crippen LogP contribution in [0.15, 0.2) is 40.9 Å². The predicted octanol–water partition coefficient (Wildman–Crippen LogP) is 3.39. The molecule has 0 aliphatic carbocycles. The second kappa shape index (κ2) is 5.29. The van der Waals surface area contributed by atoms with Gasteiger partial charge in [-0.3, -0.25) is 4.57 Å². The lowest BCUT2D eigenvalue weighted by atomic mass is 10.2. The van der Waals surface area contributed by atoms with Crippen molar-refractivity contribution in [1.82, 2.24) is 9.55 Å². The Labute approximate surface area is 130 Å². The average Bonchev–Trinajstić information content (AvgIpc) is 2.81. The van der Waals surface area contributed by atoms with Crippen LogP contribution < -0.4 is 15.2 Å². The van der Waals surface area contributed by atoms with E-state index in [1.807, 2.05) is 41.0 Å². The quantitative estimate of drug-likeness (QED) is 0.788. The van der Waals surface area contributed by atoms with Crippen LogP contribution >= 0.6 is 15.9 Å². The molecule has 0 fully saturated rings. The van der Waals surface area contributed by atoms with E-state index in [0.717, 1.165) is 32.7 Å². The smallest absolute Gasteiger partial charge is 0.205 e. The van der Waals surface area contributed by atoms with Crippen LogP contribution in [-0.4, -0.2) is 23.8 Å². The lowest BCUT2D eigenvalue weighted by Crippen LogP contribution is -2.00. The summed E-state index contributed by atoms with van der Waals surface area (Å²) in [6.07, 6.45) is 0. The number of ether oxygens (including phenoxy) is 2. The van der Waals surface area contributed by atoms with E-state index in [1.165, 1.54) is 0 Å². The first-order valence-electron chi connectivity index (χ1n) is 6.30. The number of nitrogens with two attached hydrogens (primary N) is 1. The molecule has 3 aromatic rings. The number of anilines is 1. The molecule has 5 nitrogen and oxygen atoms in total. The Bertz CT molecular complexity index is 814. The van der Waals surface area contributed by atoms with Crippen molar-refractivity contribution in [3.8, 4) is 17.2 Å². The van der Waals surface area contributed by atoms with Gasteiger partial charge in [0.2, 0.25) is 5.95 Å². The second-order valence-electron chi connectivity index (χ2n) is 4.48. The molecule has 2 N–H and O–H groups in total. The van der Waals surface area contributed by atoms with Gasteiger partial charge in [-0.2, -0.15) is 0 Å². The third-order valence-electron chi connectivity index (χ3n) is 3.28. The number of hydrogen-bond acceptors (Lipinski definition) is 4. The Balaban J connectivity index is 2.20. The summed E-state index contributed by atoms with van der Waals surface area (Å²) in [4.78, 5) is 4.38. The second-order valence-corrected chi connectivity index (χ2v) is 5.33. The highest BCUT2D eigenvalue weighted by atomic mass is 79.9. The number of aromatic nitrogens is 2. The Hall–Kier alpha value is -2.21. The Morgan fingerprint density at radius 3 is 2.57 bits per heavy atom. The minimum Gasteiger partial charge on any atom is -0.497 e. The van der Waals surface area contributed by atoms with Gasteiger partial charge in [-0.1, -0.05) is 0 Å². The first-order chi connectivity index (χ1) is 10.1. The van der Waals surface area contributed by atoms with E-state index in [9.17, 15) is 0 Å². The Morgan fingerprint density at radius 2 is 1.90 bits per heavy atom. The fourth-order valence-corrected chi connectivity index (χ4v) is 2.80. The van der Waals surface area contributed by atoms with Crippen molar-refractivity contribution in [3.05, 3.63) is 40.9 Å². The van der Waals surface area contributed by atoms with Gasteiger partial charge in [-0.15, -0.1) is 0 Å². The molecule has 3 rings (SSSR count). The van der Waals surface area contributed by atoms with Crippen LogP contribution in [0.4, 0.5) is 5.95 Å². The monoisotopic (exact) mass is 347 g/mol. The van der Waals surface area contributed by atoms with Crippen LogP contribution in [0.3, 0.4) is 0 Å². The molecule has 0 saturated heterocycles. The van der Waals surface area contributed by atoms with Crippen LogP contribution in [0.2, 0.25) is 0 Å². The van der Waals surface area contributed by atoms with E-state index in [2.05, 4.69) is 20.9 Å². The van der Waals surface area contributed by atoms with Crippen LogP contribution in [0, 0.1) is 0 Å². The normalized spacial score (nSPS) is 10.8. The maximum absolute atomic E-state index is 6.06. The van der Waals surface area contributed by atoms with Crippen molar-refractivity contribution in [2.75, 3.05) is 20.0 Å². The van der Waals surface area contributed by atoms with E-state index >= 15 is 0 Å². The molecule has 0 radical (unpaired) electrons. The number of imidazole rings is 1. The minimum atomic E-state index is 0.426. The number of nitrogens with zero attached hydrogens (tertiary/aromatic N) is 2. The van der Waals surface area contributed by atoms with Gasteiger partial charge in [-0.25, -0.2) is 4.98 Å². The fourth-order valence-electron chi connectivity index (χ4n) is 2.27. The highest BCUT2D eigenvalue weighted by Gasteiger charge is 2.12. The molecule has 2 aromatic carbocycles. The molecule has 0 bridgehead atoms. The highest BCUT2D eigenvalue weighted by Crippen LogP contribution is 2.31. The molecule has 0 aliphatic heterocycles. The molecule has 0 aliphatic rings. The molecular formula is C15H14BrN3O2. The molecule has 0 amide bonds. The molecule has 0 saturated carbocycles. The number of nitrogen functional groups attached to an aromatic ring is 1.